The summed E-state index contributed by atoms with van der Waals surface area (Å²) in [5.74, 6) is 1.82. The van der Waals surface area contributed by atoms with Gasteiger partial charge in [-0.2, -0.15) is 0 Å². The Bertz CT molecular complexity index is 784. The van der Waals surface area contributed by atoms with Crippen molar-refractivity contribution in [3.05, 3.63) is 70.8 Å². The highest BCUT2D eigenvalue weighted by Crippen LogP contribution is 2.28. The molecule has 4 nitrogen and oxygen atoms in total. The van der Waals surface area contributed by atoms with Crippen LogP contribution < -0.4 is 9.47 Å². The third kappa shape index (κ3) is 6.15. The summed E-state index contributed by atoms with van der Waals surface area (Å²) >= 11 is 0. The topological polar surface area (TPSA) is 40.0 Å². The zero-order valence-corrected chi connectivity index (χ0v) is 17.6. The van der Waals surface area contributed by atoms with E-state index in [-0.39, 0.29) is 0 Å². The average molecular weight is 382 g/mol. The van der Waals surface area contributed by atoms with Crippen LogP contribution in [0.1, 0.15) is 42.5 Å². The summed E-state index contributed by atoms with van der Waals surface area (Å²) in [4.78, 5) is 4.91. The van der Waals surface area contributed by atoms with Crippen molar-refractivity contribution < 1.29 is 14.3 Å². The van der Waals surface area contributed by atoms with Gasteiger partial charge in [0.15, 0.2) is 0 Å². The summed E-state index contributed by atoms with van der Waals surface area (Å²) in [6.45, 7) is 9.39. The number of benzene rings is 2. The van der Waals surface area contributed by atoms with Gasteiger partial charge in [-0.25, -0.2) is 0 Å². The molecule has 0 bridgehead atoms. The first kappa shape index (κ1) is 21.5. The Morgan fingerprint density at radius 1 is 1.04 bits per heavy atom. The second kappa shape index (κ2) is 11.2. The van der Waals surface area contributed by atoms with Crippen molar-refractivity contribution in [1.82, 2.24) is 0 Å². The molecule has 0 amide bonds. The summed E-state index contributed by atoms with van der Waals surface area (Å²) in [5, 5.41) is 4.07. The number of allylic oxidation sites excluding steroid dienone is 1. The quantitative estimate of drug-likeness (QED) is 0.304. The second-order valence-corrected chi connectivity index (χ2v) is 6.64. The molecule has 0 saturated carbocycles. The van der Waals surface area contributed by atoms with E-state index in [4.69, 9.17) is 14.3 Å². The number of rotatable bonds is 10. The van der Waals surface area contributed by atoms with Crippen molar-refractivity contribution in [1.29, 1.82) is 0 Å². The van der Waals surface area contributed by atoms with E-state index in [0.29, 0.717) is 13.2 Å². The van der Waals surface area contributed by atoms with Gasteiger partial charge in [-0.05, 0) is 61.6 Å². The minimum Gasteiger partial charge on any atom is -0.493 e. The molecule has 2 rings (SSSR count). The van der Waals surface area contributed by atoms with E-state index < -0.39 is 0 Å². The molecule has 2 aromatic carbocycles. The van der Waals surface area contributed by atoms with E-state index in [1.807, 2.05) is 31.2 Å². The minimum atomic E-state index is 0.584. The number of hydrogen-bond donors (Lipinski definition) is 0. The van der Waals surface area contributed by atoms with Crippen LogP contribution in [0.2, 0.25) is 0 Å². The van der Waals surface area contributed by atoms with Crippen molar-refractivity contribution in [2.24, 2.45) is 5.16 Å². The summed E-state index contributed by atoms with van der Waals surface area (Å²) in [7, 11) is 1.58. The van der Waals surface area contributed by atoms with Gasteiger partial charge in [0.05, 0.1) is 12.3 Å². The van der Waals surface area contributed by atoms with Crippen LogP contribution in [0, 0.1) is 13.8 Å². The van der Waals surface area contributed by atoms with Gasteiger partial charge in [0.1, 0.15) is 25.2 Å². The first-order valence-corrected chi connectivity index (χ1v) is 9.76. The number of oxime groups is 1. The van der Waals surface area contributed by atoms with Crippen molar-refractivity contribution in [3.63, 3.8) is 0 Å². The van der Waals surface area contributed by atoms with Crippen molar-refractivity contribution >= 4 is 5.71 Å². The van der Waals surface area contributed by atoms with Crippen LogP contribution in [0.5, 0.6) is 11.5 Å². The maximum Gasteiger partial charge on any atom is 0.125 e. The summed E-state index contributed by atoms with van der Waals surface area (Å²) in [6.07, 6.45) is 5.66. The highest BCUT2D eigenvalue weighted by atomic mass is 16.6. The zero-order valence-electron chi connectivity index (χ0n) is 17.6. The monoisotopic (exact) mass is 381 g/mol. The molecule has 0 aromatic heterocycles. The lowest BCUT2D eigenvalue weighted by Gasteiger charge is -2.14. The van der Waals surface area contributed by atoms with Gasteiger partial charge >= 0.3 is 0 Å². The predicted octanol–water partition coefficient (Wildman–Crippen LogP) is 5.64. The van der Waals surface area contributed by atoms with Gasteiger partial charge in [-0.15, -0.1) is 0 Å². The first-order valence-electron chi connectivity index (χ1n) is 9.76. The molecular formula is C24H31NO3. The molecule has 28 heavy (non-hydrogen) atoms. The molecule has 0 fully saturated rings. The molecule has 0 spiro atoms. The van der Waals surface area contributed by atoms with Crippen LogP contribution in [-0.2, 0) is 11.3 Å². The smallest absolute Gasteiger partial charge is 0.125 e. The van der Waals surface area contributed by atoms with E-state index in [0.717, 1.165) is 46.7 Å². The van der Waals surface area contributed by atoms with E-state index in [1.54, 1.807) is 7.11 Å². The van der Waals surface area contributed by atoms with Gasteiger partial charge in [0.25, 0.3) is 0 Å². The predicted molar refractivity (Wildman–Crippen MR) is 116 cm³/mol. The molecule has 0 heterocycles. The lowest BCUT2D eigenvalue weighted by molar-refractivity contribution is 0.213. The van der Waals surface area contributed by atoms with Crippen molar-refractivity contribution in [3.8, 4) is 11.5 Å². The second-order valence-electron chi connectivity index (χ2n) is 6.64. The van der Waals surface area contributed by atoms with Gasteiger partial charge < -0.3 is 14.3 Å². The van der Waals surface area contributed by atoms with Crippen LogP contribution >= 0.6 is 0 Å². The highest BCUT2D eigenvalue weighted by molar-refractivity contribution is 6.00. The Kier molecular flexibility index (Phi) is 8.60. The van der Waals surface area contributed by atoms with Gasteiger partial charge in [0, 0.05) is 6.42 Å². The third-order valence-electron chi connectivity index (χ3n) is 4.48. The Labute approximate surface area is 168 Å². The molecule has 0 atom stereocenters. The fourth-order valence-corrected chi connectivity index (χ4v) is 3.03. The summed E-state index contributed by atoms with van der Waals surface area (Å²) < 4.78 is 11.8. The first-order chi connectivity index (χ1) is 13.6. The largest absolute Gasteiger partial charge is 0.493 e. The van der Waals surface area contributed by atoms with Crippen LogP contribution in [-0.4, -0.2) is 26.0 Å². The molecule has 4 heteroatoms. The van der Waals surface area contributed by atoms with Crippen LogP contribution in [0.3, 0.4) is 0 Å². The SMILES string of the molecule is C/C=C/COc1cc(C)c(OCCc2ccc(/C(CC)=N/OC)cc2)c(C)c1. The third-order valence-corrected chi connectivity index (χ3v) is 4.48. The molecule has 0 saturated heterocycles. The lowest BCUT2D eigenvalue weighted by atomic mass is 10.0. The summed E-state index contributed by atoms with van der Waals surface area (Å²) in [6, 6.07) is 12.5. The fraction of sp³-hybridized carbons (Fsp3) is 0.375. The van der Waals surface area contributed by atoms with Crippen LogP contribution in [0.15, 0.2) is 53.7 Å². The Morgan fingerprint density at radius 3 is 2.29 bits per heavy atom. The number of ether oxygens (including phenoxy) is 2. The van der Waals surface area contributed by atoms with Crippen molar-refractivity contribution in [2.45, 2.75) is 40.5 Å². The maximum atomic E-state index is 6.08. The molecule has 0 aliphatic rings. The number of hydrogen-bond acceptors (Lipinski definition) is 4. The molecule has 0 radical (unpaired) electrons. The van der Waals surface area contributed by atoms with E-state index in [9.17, 15) is 0 Å². The van der Waals surface area contributed by atoms with E-state index in [1.165, 1.54) is 5.56 Å². The standard InChI is InChI=1S/C24H31NO3/c1-6-8-14-27-22-16-18(3)24(19(4)17-22)28-15-13-20-9-11-21(12-10-20)23(7-2)25-26-5/h6,8-12,16-17H,7,13-15H2,1-5H3/b8-6+,25-23+. The molecule has 0 aliphatic carbocycles. The van der Waals surface area contributed by atoms with Crippen molar-refractivity contribution in [2.75, 3.05) is 20.3 Å². The Morgan fingerprint density at radius 2 is 1.71 bits per heavy atom. The number of aryl methyl sites for hydroxylation is 2. The molecule has 150 valence electrons. The van der Waals surface area contributed by atoms with E-state index >= 15 is 0 Å². The maximum absolute atomic E-state index is 6.08. The van der Waals surface area contributed by atoms with Crippen LogP contribution in [0.25, 0.3) is 0 Å². The molecule has 0 N–H and O–H groups in total. The number of nitrogens with zero attached hydrogens (tertiary/aromatic N) is 1. The average Bonchev–Trinajstić information content (AvgIpc) is 2.69. The zero-order chi connectivity index (χ0) is 20.4. The van der Waals surface area contributed by atoms with Crippen LogP contribution in [0.4, 0.5) is 0 Å². The normalized spacial score (nSPS) is 11.7. The van der Waals surface area contributed by atoms with E-state index in [2.05, 4.69) is 50.2 Å². The fourth-order valence-electron chi connectivity index (χ4n) is 3.03. The molecule has 0 aliphatic heterocycles. The Balaban J connectivity index is 1.95. The summed E-state index contributed by atoms with van der Waals surface area (Å²) in [5.41, 5.74) is 5.46. The lowest BCUT2D eigenvalue weighted by Crippen LogP contribution is -2.05. The van der Waals surface area contributed by atoms with Gasteiger partial charge in [0.2, 0.25) is 0 Å². The molecular weight excluding hydrogens is 350 g/mol. The minimum absolute atomic E-state index is 0.584. The molecule has 2 aromatic rings. The van der Waals surface area contributed by atoms with Gasteiger partial charge in [-0.3, -0.25) is 0 Å². The van der Waals surface area contributed by atoms with Gasteiger partial charge in [-0.1, -0.05) is 48.5 Å². The Hall–Kier alpha value is -2.75. The molecule has 0 unspecified atom stereocenters. The highest BCUT2D eigenvalue weighted by Gasteiger charge is 2.08.